The first kappa shape index (κ1) is 20.4. The maximum absolute atomic E-state index is 6.02. The van der Waals surface area contributed by atoms with E-state index in [0.717, 1.165) is 17.9 Å². The number of hydrogen-bond acceptors (Lipinski definition) is 4. The molecular weight excluding hydrogens is 469 g/mol. The SMILES string of the molecule is I.NC(=NCCOc1ccccc1Cl)Nc1ccc2c(c1)OCCCO2. The van der Waals surface area contributed by atoms with Gasteiger partial charge in [-0.15, -0.1) is 24.0 Å². The number of fused-ring (bicyclic) bond motifs is 1. The molecule has 2 aromatic carbocycles. The number of anilines is 1. The lowest BCUT2D eigenvalue weighted by molar-refractivity contribution is 0.297. The van der Waals surface area contributed by atoms with Crippen LogP contribution in [0, 0.1) is 0 Å². The number of aliphatic imine (C=N–C) groups is 1. The van der Waals surface area contributed by atoms with Gasteiger partial charge < -0.3 is 25.3 Å². The minimum absolute atomic E-state index is 0. The Balaban J connectivity index is 0.00000243. The molecule has 1 aliphatic rings. The number of hydrogen-bond donors (Lipinski definition) is 2. The first-order valence-electron chi connectivity index (χ1n) is 8.06. The van der Waals surface area contributed by atoms with E-state index in [4.69, 9.17) is 31.5 Å². The van der Waals surface area contributed by atoms with Gasteiger partial charge in [0, 0.05) is 18.2 Å². The van der Waals surface area contributed by atoms with Gasteiger partial charge in [0.1, 0.15) is 12.4 Å². The third-order valence-corrected chi connectivity index (χ3v) is 3.80. The molecule has 0 aliphatic carbocycles. The second-order valence-electron chi connectivity index (χ2n) is 5.38. The fraction of sp³-hybridized carbons (Fsp3) is 0.278. The van der Waals surface area contributed by atoms with Crippen LogP contribution in [0.25, 0.3) is 0 Å². The van der Waals surface area contributed by atoms with E-state index < -0.39 is 0 Å². The highest BCUT2D eigenvalue weighted by Gasteiger charge is 2.10. The van der Waals surface area contributed by atoms with E-state index in [9.17, 15) is 0 Å². The van der Waals surface area contributed by atoms with Gasteiger partial charge >= 0.3 is 0 Å². The number of ether oxygens (including phenoxy) is 3. The van der Waals surface area contributed by atoms with Gasteiger partial charge in [0.2, 0.25) is 0 Å². The number of benzene rings is 2. The average Bonchev–Trinajstić information content (AvgIpc) is 2.85. The summed E-state index contributed by atoms with van der Waals surface area (Å²) < 4.78 is 16.8. The van der Waals surface area contributed by atoms with Crippen LogP contribution in [0.2, 0.25) is 5.02 Å². The van der Waals surface area contributed by atoms with E-state index in [2.05, 4.69) is 10.3 Å². The lowest BCUT2D eigenvalue weighted by Crippen LogP contribution is -2.23. The zero-order valence-electron chi connectivity index (χ0n) is 14.1. The Hall–Kier alpha value is -1.87. The molecule has 8 heteroatoms. The molecule has 1 heterocycles. The fourth-order valence-electron chi connectivity index (χ4n) is 2.31. The highest BCUT2D eigenvalue weighted by atomic mass is 127. The summed E-state index contributed by atoms with van der Waals surface area (Å²) in [5.74, 6) is 2.38. The lowest BCUT2D eigenvalue weighted by atomic mass is 10.3. The number of guanidine groups is 1. The van der Waals surface area contributed by atoms with Crippen LogP contribution in [-0.2, 0) is 0 Å². The minimum atomic E-state index is 0. The molecule has 0 bridgehead atoms. The van der Waals surface area contributed by atoms with E-state index in [1.54, 1.807) is 6.07 Å². The van der Waals surface area contributed by atoms with Crippen molar-refractivity contribution >= 4 is 47.2 Å². The van der Waals surface area contributed by atoms with Crippen LogP contribution in [-0.4, -0.2) is 32.3 Å². The molecule has 0 fully saturated rings. The molecular formula is C18H21ClIN3O3. The summed E-state index contributed by atoms with van der Waals surface area (Å²) in [5.41, 5.74) is 6.70. The normalized spacial score (nSPS) is 13.3. The van der Waals surface area contributed by atoms with Crippen molar-refractivity contribution in [2.45, 2.75) is 6.42 Å². The van der Waals surface area contributed by atoms with Gasteiger partial charge in [0.15, 0.2) is 17.5 Å². The largest absolute Gasteiger partial charge is 0.490 e. The third kappa shape index (κ3) is 5.84. The summed E-state index contributed by atoms with van der Waals surface area (Å²) in [6.45, 7) is 2.09. The maximum atomic E-state index is 6.02. The smallest absolute Gasteiger partial charge is 0.193 e. The second-order valence-corrected chi connectivity index (χ2v) is 5.79. The van der Waals surface area contributed by atoms with E-state index in [1.165, 1.54) is 0 Å². The van der Waals surface area contributed by atoms with Crippen LogP contribution in [0.1, 0.15) is 6.42 Å². The molecule has 0 aromatic heterocycles. The number of halogens is 2. The Bertz CT molecular complexity index is 758. The minimum Gasteiger partial charge on any atom is -0.490 e. The van der Waals surface area contributed by atoms with Crippen LogP contribution < -0.4 is 25.3 Å². The van der Waals surface area contributed by atoms with E-state index in [0.29, 0.717) is 48.8 Å². The van der Waals surface area contributed by atoms with Crippen molar-refractivity contribution in [2.24, 2.45) is 10.7 Å². The van der Waals surface area contributed by atoms with Crippen LogP contribution in [0.5, 0.6) is 17.2 Å². The Morgan fingerprint density at radius 2 is 1.92 bits per heavy atom. The molecule has 0 atom stereocenters. The van der Waals surface area contributed by atoms with Crippen LogP contribution >= 0.6 is 35.6 Å². The summed E-state index contributed by atoms with van der Waals surface area (Å²) in [7, 11) is 0. The van der Waals surface area contributed by atoms with Gasteiger partial charge in [-0.25, -0.2) is 4.99 Å². The predicted octanol–water partition coefficient (Wildman–Crippen LogP) is 3.92. The monoisotopic (exact) mass is 489 g/mol. The highest BCUT2D eigenvalue weighted by molar-refractivity contribution is 14.0. The molecule has 2 aromatic rings. The van der Waals surface area contributed by atoms with Crippen molar-refractivity contribution in [2.75, 3.05) is 31.7 Å². The molecule has 0 saturated carbocycles. The molecule has 1 aliphatic heterocycles. The molecule has 0 radical (unpaired) electrons. The van der Waals surface area contributed by atoms with E-state index in [-0.39, 0.29) is 24.0 Å². The van der Waals surface area contributed by atoms with Gasteiger partial charge in [0.25, 0.3) is 0 Å². The zero-order valence-corrected chi connectivity index (χ0v) is 17.2. The number of nitrogens with zero attached hydrogens (tertiary/aromatic N) is 1. The van der Waals surface area contributed by atoms with Crippen molar-refractivity contribution < 1.29 is 14.2 Å². The molecule has 26 heavy (non-hydrogen) atoms. The maximum Gasteiger partial charge on any atom is 0.193 e. The first-order chi connectivity index (χ1) is 12.2. The fourth-order valence-corrected chi connectivity index (χ4v) is 2.50. The Labute approximate surface area is 174 Å². The van der Waals surface area contributed by atoms with Gasteiger partial charge in [0.05, 0.1) is 24.8 Å². The summed E-state index contributed by atoms with van der Waals surface area (Å²) in [5, 5.41) is 3.61. The molecule has 0 spiro atoms. The van der Waals surface area contributed by atoms with Crippen molar-refractivity contribution in [1.29, 1.82) is 0 Å². The number of para-hydroxylation sites is 1. The van der Waals surface area contributed by atoms with Crippen molar-refractivity contribution in [3.63, 3.8) is 0 Å². The molecule has 0 amide bonds. The summed E-state index contributed by atoms with van der Waals surface area (Å²) >= 11 is 6.02. The van der Waals surface area contributed by atoms with Gasteiger partial charge in [-0.1, -0.05) is 23.7 Å². The van der Waals surface area contributed by atoms with Gasteiger partial charge in [-0.2, -0.15) is 0 Å². The van der Waals surface area contributed by atoms with Gasteiger partial charge in [-0.3, -0.25) is 0 Å². The Morgan fingerprint density at radius 1 is 1.15 bits per heavy atom. The number of nitrogens with two attached hydrogens (primary N) is 1. The molecule has 6 nitrogen and oxygen atoms in total. The standard InChI is InChI=1S/C18H20ClN3O3.HI/c19-14-4-1-2-5-15(14)25-11-8-21-18(20)22-13-6-7-16-17(12-13)24-10-3-9-23-16;/h1-2,4-7,12H,3,8-11H2,(H3,20,21,22);1H. The van der Waals surface area contributed by atoms with E-state index in [1.807, 2.05) is 36.4 Å². The highest BCUT2D eigenvalue weighted by Crippen LogP contribution is 2.32. The van der Waals surface area contributed by atoms with Crippen LogP contribution in [0.15, 0.2) is 47.5 Å². The summed E-state index contributed by atoms with van der Waals surface area (Å²) in [4.78, 5) is 4.24. The molecule has 0 saturated heterocycles. The predicted molar refractivity (Wildman–Crippen MR) is 115 cm³/mol. The van der Waals surface area contributed by atoms with E-state index >= 15 is 0 Å². The van der Waals surface area contributed by atoms with Crippen molar-refractivity contribution in [3.05, 3.63) is 47.5 Å². The molecule has 3 rings (SSSR count). The first-order valence-corrected chi connectivity index (χ1v) is 8.44. The van der Waals surface area contributed by atoms with Crippen molar-refractivity contribution in [1.82, 2.24) is 0 Å². The zero-order chi connectivity index (χ0) is 17.5. The van der Waals surface area contributed by atoms with Crippen molar-refractivity contribution in [3.8, 4) is 17.2 Å². The Kier molecular flexibility index (Phi) is 8.11. The van der Waals surface area contributed by atoms with Gasteiger partial charge in [-0.05, 0) is 24.3 Å². The summed E-state index contributed by atoms with van der Waals surface area (Å²) in [6.07, 6.45) is 0.868. The number of nitrogens with one attached hydrogen (secondary N) is 1. The molecule has 0 unspecified atom stereocenters. The molecule has 140 valence electrons. The quantitative estimate of drug-likeness (QED) is 0.288. The topological polar surface area (TPSA) is 78.1 Å². The van der Waals surface area contributed by atoms with Crippen LogP contribution in [0.3, 0.4) is 0 Å². The Morgan fingerprint density at radius 3 is 2.73 bits per heavy atom. The molecule has 3 N–H and O–H groups in total. The third-order valence-electron chi connectivity index (χ3n) is 3.49. The number of rotatable bonds is 5. The average molecular weight is 490 g/mol. The van der Waals surface area contributed by atoms with Crippen LogP contribution in [0.4, 0.5) is 5.69 Å². The lowest BCUT2D eigenvalue weighted by Gasteiger charge is -2.11. The second kappa shape index (κ2) is 10.3. The summed E-state index contributed by atoms with van der Waals surface area (Å²) in [6, 6.07) is 12.9.